The summed E-state index contributed by atoms with van der Waals surface area (Å²) in [4.78, 5) is 31.7. The normalized spacial score (nSPS) is 11.5. The molecule has 0 saturated carbocycles. The van der Waals surface area contributed by atoms with E-state index >= 15 is 0 Å². The summed E-state index contributed by atoms with van der Waals surface area (Å²) in [5.74, 6) is 1.43. The summed E-state index contributed by atoms with van der Waals surface area (Å²) in [6.07, 6.45) is -0.547. The van der Waals surface area contributed by atoms with Crippen LogP contribution >= 0.6 is 15.9 Å². The number of para-hydroxylation sites is 1. The smallest absolute Gasteiger partial charge is 0.412 e. The highest BCUT2D eigenvalue weighted by Gasteiger charge is 2.25. The van der Waals surface area contributed by atoms with Crippen LogP contribution in [-0.4, -0.2) is 47.9 Å². The van der Waals surface area contributed by atoms with Gasteiger partial charge in [-0.25, -0.2) is 14.6 Å². The maximum atomic E-state index is 12.8. The van der Waals surface area contributed by atoms with Crippen LogP contribution in [0.3, 0.4) is 0 Å². The molecule has 0 aliphatic heterocycles. The topological polar surface area (TPSA) is 98.8 Å². The SMILES string of the molecule is CCOC(=O)c1c(N(C)C)nc(C)n1Cc1ccc2oc(-c3ccccc3NC(=O)OC(C)(C)C)c(Br)c2c1. The number of amides is 1. The molecule has 0 spiro atoms. The van der Waals surface area contributed by atoms with E-state index in [1.54, 1.807) is 17.9 Å². The van der Waals surface area contributed by atoms with E-state index in [1.807, 2.05) is 82.8 Å². The summed E-state index contributed by atoms with van der Waals surface area (Å²) in [6, 6.07) is 13.2. The number of anilines is 2. The van der Waals surface area contributed by atoms with Gasteiger partial charge in [-0.1, -0.05) is 18.2 Å². The number of benzene rings is 2. The van der Waals surface area contributed by atoms with Crippen LogP contribution in [0.5, 0.6) is 0 Å². The number of aromatic nitrogens is 2. The second-order valence-electron chi connectivity index (χ2n) is 10.3. The van der Waals surface area contributed by atoms with E-state index in [1.165, 1.54) is 0 Å². The molecule has 206 valence electrons. The highest BCUT2D eigenvalue weighted by molar-refractivity contribution is 9.10. The Hall–Kier alpha value is -3.79. The summed E-state index contributed by atoms with van der Waals surface area (Å²) in [6.45, 7) is 9.78. The molecular weight excluding hydrogens is 564 g/mol. The largest absolute Gasteiger partial charge is 0.461 e. The fourth-order valence-electron chi connectivity index (χ4n) is 4.23. The zero-order chi connectivity index (χ0) is 28.5. The summed E-state index contributed by atoms with van der Waals surface area (Å²) in [5, 5.41) is 3.69. The molecule has 0 radical (unpaired) electrons. The highest BCUT2D eigenvalue weighted by Crippen LogP contribution is 2.41. The van der Waals surface area contributed by atoms with E-state index in [-0.39, 0.29) is 6.61 Å². The summed E-state index contributed by atoms with van der Waals surface area (Å²) in [7, 11) is 3.70. The van der Waals surface area contributed by atoms with Gasteiger partial charge in [-0.3, -0.25) is 5.32 Å². The zero-order valence-corrected chi connectivity index (χ0v) is 24.8. The van der Waals surface area contributed by atoms with Gasteiger partial charge in [-0.15, -0.1) is 0 Å². The number of fused-ring (bicyclic) bond motifs is 1. The Labute approximate surface area is 236 Å². The number of carbonyl (C=O) groups is 2. The van der Waals surface area contributed by atoms with Crippen LogP contribution in [0.25, 0.3) is 22.3 Å². The van der Waals surface area contributed by atoms with Crippen molar-refractivity contribution < 1.29 is 23.5 Å². The molecule has 2 aromatic heterocycles. The number of esters is 1. The van der Waals surface area contributed by atoms with E-state index < -0.39 is 17.7 Å². The van der Waals surface area contributed by atoms with Crippen LogP contribution in [0.2, 0.25) is 0 Å². The predicted molar refractivity (Wildman–Crippen MR) is 156 cm³/mol. The number of carbonyl (C=O) groups excluding carboxylic acids is 2. The Morgan fingerprint density at radius 1 is 1.15 bits per heavy atom. The molecule has 4 rings (SSSR count). The van der Waals surface area contributed by atoms with Gasteiger partial charge in [0.25, 0.3) is 0 Å². The molecule has 10 heteroatoms. The maximum absolute atomic E-state index is 12.8. The van der Waals surface area contributed by atoms with Crippen LogP contribution in [-0.2, 0) is 16.0 Å². The lowest BCUT2D eigenvalue weighted by atomic mass is 10.1. The molecule has 0 saturated heterocycles. The highest BCUT2D eigenvalue weighted by atomic mass is 79.9. The second kappa shape index (κ2) is 11.1. The molecule has 0 aliphatic carbocycles. The van der Waals surface area contributed by atoms with E-state index in [2.05, 4.69) is 26.2 Å². The number of rotatable bonds is 7. The number of imidazole rings is 1. The Morgan fingerprint density at radius 2 is 1.87 bits per heavy atom. The van der Waals surface area contributed by atoms with E-state index in [4.69, 9.17) is 13.9 Å². The van der Waals surface area contributed by atoms with Crippen molar-refractivity contribution in [2.75, 3.05) is 30.9 Å². The van der Waals surface area contributed by atoms with Crippen molar-refractivity contribution in [1.82, 2.24) is 9.55 Å². The Kier molecular flexibility index (Phi) is 8.06. The number of nitrogens with zero attached hydrogens (tertiary/aromatic N) is 3. The van der Waals surface area contributed by atoms with Crippen molar-refractivity contribution in [2.24, 2.45) is 0 Å². The fraction of sp³-hybridized carbons (Fsp3) is 0.345. The quantitative estimate of drug-likeness (QED) is 0.229. The van der Waals surface area contributed by atoms with E-state index in [0.717, 1.165) is 15.4 Å². The second-order valence-corrected chi connectivity index (χ2v) is 11.1. The number of nitrogens with one attached hydrogen (secondary N) is 1. The molecule has 0 fully saturated rings. The average molecular weight is 598 g/mol. The molecule has 1 N–H and O–H groups in total. The summed E-state index contributed by atoms with van der Waals surface area (Å²) in [5.41, 5.74) is 2.69. The number of ether oxygens (including phenoxy) is 2. The first-order valence-electron chi connectivity index (χ1n) is 12.6. The third-order valence-corrected chi connectivity index (χ3v) is 6.66. The van der Waals surface area contributed by atoms with Crippen molar-refractivity contribution >= 4 is 50.5 Å². The maximum Gasteiger partial charge on any atom is 0.412 e. The van der Waals surface area contributed by atoms with Gasteiger partial charge in [0, 0.05) is 31.6 Å². The van der Waals surface area contributed by atoms with Crippen LogP contribution < -0.4 is 10.2 Å². The summed E-state index contributed by atoms with van der Waals surface area (Å²) >= 11 is 3.72. The minimum absolute atomic E-state index is 0.275. The lowest BCUT2D eigenvalue weighted by Crippen LogP contribution is -2.27. The van der Waals surface area contributed by atoms with Crippen LogP contribution in [0.1, 0.15) is 49.6 Å². The van der Waals surface area contributed by atoms with Gasteiger partial charge in [0.1, 0.15) is 17.0 Å². The minimum atomic E-state index is -0.622. The zero-order valence-electron chi connectivity index (χ0n) is 23.2. The molecule has 4 aromatic rings. The lowest BCUT2D eigenvalue weighted by molar-refractivity contribution is 0.0514. The number of halogens is 1. The molecule has 0 bridgehead atoms. The molecule has 1 amide bonds. The standard InChI is InChI=1S/C29H33BrN4O5/c1-8-37-27(35)24-26(33(6)7)31-17(2)34(24)16-18-13-14-22-20(15-18)23(30)25(38-22)19-11-9-10-12-21(19)32-28(36)39-29(3,4)5/h9-15H,8,16H2,1-7H3,(H,32,36). The Bertz CT molecular complexity index is 1530. The monoisotopic (exact) mass is 596 g/mol. The van der Waals surface area contributed by atoms with Crippen LogP contribution in [0.4, 0.5) is 16.3 Å². The van der Waals surface area contributed by atoms with Gasteiger partial charge >= 0.3 is 12.1 Å². The van der Waals surface area contributed by atoms with Crippen molar-refractivity contribution in [2.45, 2.75) is 46.8 Å². The predicted octanol–water partition coefficient (Wildman–Crippen LogP) is 7.01. The molecular formula is C29H33BrN4O5. The van der Waals surface area contributed by atoms with E-state index in [0.29, 0.717) is 46.5 Å². The van der Waals surface area contributed by atoms with E-state index in [9.17, 15) is 9.59 Å². The first-order chi connectivity index (χ1) is 18.4. The Balaban J connectivity index is 1.71. The number of hydrogen-bond acceptors (Lipinski definition) is 7. The third-order valence-electron chi connectivity index (χ3n) is 5.87. The van der Waals surface area contributed by atoms with Crippen molar-refractivity contribution in [1.29, 1.82) is 0 Å². The Morgan fingerprint density at radius 3 is 2.54 bits per heavy atom. The molecule has 39 heavy (non-hydrogen) atoms. The van der Waals surface area contributed by atoms with Crippen molar-refractivity contribution in [3.05, 3.63) is 64.0 Å². The number of aryl methyl sites for hydroxylation is 1. The molecule has 0 unspecified atom stereocenters. The van der Waals surface area contributed by atoms with Crippen LogP contribution in [0.15, 0.2) is 51.4 Å². The molecule has 2 heterocycles. The van der Waals surface area contributed by atoms with Gasteiger partial charge in [-0.2, -0.15) is 0 Å². The molecule has 9 nitrogen and oxygen atoms in total. The van der Waals surface area contributed by atoms with Gasteiger partial charge in [-0.05, 0) is 80.4 Å². The molecule has 0 atom stereocenters. The van der Waals surface area contributed by atoms with Gasteiger partial charge < -0.3 is 23.4 Å². The van der Waals surface area contributed by atoms with Crippen molar-refractivity contribution in [3.8, 4) is 11.3 Å². The number of furan rings is 1. The first kappa shape index (κ1) is 28.2. The summed E-state index contributed by atoms with van der Waals surface area (Å²) < 4.78 is 19.6. The molecule has 2 aromatic carbocycles. The minimum Gasteiger partial charge on any atom is -0.461 e. The van der Waals surface area contributed by atoms with Crippen LogP contribution in [0, 0.1) is 6.92 Å². The van der Waals surface area contributed by atoms with Gasteiger partial charge in [0.05, 0.1) is 16.8 Å². The molecule has 0 aliphatic rings. The van der Waals surface area contributed by atoms with Gasteiger partial charge in [0.15, 0.2) is 17.3 Å². The van der Waals surface area contributed by atoms with Crippen molar-refractivity contribution in [3.63, 3.8) is 0 Å². The lowest BCUT2D eigenvalue weighted by Gasteiger charge is -2.20. The first-order valence-corrected chi connectivity index (χ1v) is 13.4. The number of hydrogen-bond donors (Lipinski definition) is 1. The average Bonchev–Trinajstić information content (AvgIpc) is 3.35. The van der Waals surface area contributed by atoms with Gasteiger partial charge in [0.2, 0.25) is 0 Å². The third kappa shape index (κ3) is 6.11. The fourth-order valence-corrected chi connectivity index (χ4v) is 4.83.